The Hall–Kier alpha value is -0.120. The summed E-state index contributed by atoms with van der Waals surface area (Å²) in [5.41, 5.74) is 0. The molecule has 8 heteroatoms. The van der Waals surface area contributed by atoms with Gasteiger partial charge in [-0.15, -0.1) is 11.3 Å². The Balaban J connectivity index is 1.87. The lowest BCUT2D eigenvalue weighted by atomic mass is 10.4. The molecule has 0 unspecified atom stereocenters. The molecule has 1 aromatic rings. The molecule has 21 heavy (non-hydrogen) atoms. The molecule has 0 radical (unpaired) electrons. The Morgan fingerprint density at radius 1 is 1.33 bits per heavy atom. The molecule has 0 bridgehead atoms. The van der Waals surface area contributed by atoms with Crippen LogP contribution in [0.2, 0.25) is 0 Å². The van der Waals surface area contributed by atoms with Crippen LogP contribution in [0.5, 0.6) is 0 Å². The smallest absolute Gasteiger partial charge is 0.241 e. The molecule has 120 valence electrons. The maximum Gasteiger partial charge on any atom is 0.241 e. The lowest BCUT2D eigenvalue weighted by Gasteiger charge is -2.25. The molecule has 5 nitrogen and oxygen atoms in total. The number of thiophene rings is 1. The van der Waals surface area contributed by atoms with Crippen LogP contribution in [0.25, 0.3) is 0 Å². The first-order chi connectivity index (χ1) is 10.1. The minimum Gasteiger partial charge on any atom is -0.312 e. The van der Waals surface area contributed by atoms with E-state index in [2.05, 4.69) is 14.9 Å². The van der Waals surface area contributed by atoms with Crippen molar-refractivity contribution in [2.24, 2.45) is 0 Å². The highest BCUT2D eigenvalue weighted by molar-refractivity contribution is 7.99. The van der Waals surface area contributed by atoms with Crippen molar-refractivity contribution in [1.82, 2.24) is 14.9 Å². The maximum atomic E-state index is 12.4. The first kappa shape index (κ1) is 17.2. The van der Waals surface area contributed by atoms with E-state index in [-0.39, 0.29) is 0 Å². The minimum absolute atomic E-state index is 0.419. The molecular formula is C13H23N3O2S3. The van der Waals surface area contributed by atoms with E-state index in [1.807, 2.05) is 24.1 Å². The number of hydrogen-bond donors (Lipinski definition) is 2. The second-order valence-electron chi connectivity index (χ2n) is 4.84. The molecule has 0 spiro atoms. The molecule has 1 fully saturated rings. The fourth-order valence-electron chi connectivity index (χ4n) is 2.18. The van der Waals surface area contributed by atoms with Crippen molar-refractivity contribution < 1.29 is 8.42 Å². The maximum absolute atomic E-state index is 12.4. The van der Waals surface area contributed by atoms with Crippen LogP contribution >= 0.6 is 23.1 Å². The van der Waals surface area contributed by atoms with Gasteiger partial charge in [-0.05, 0) is 18.0 Å². The highest BCUT2D eigenvalue weighted by Crippen LogP contribution is 2.21. The molecule has 2 N–H and O–H groups in total. The zero-order chi connectivity index (χ0) is 15.1. The van der Waals surface area contributed by atoms with E-state index in [0.717, 1.165) is 42.6 Å². The Morgan fingerprint density at radius 2 is 2.10 bits per heavy atom. The zero-order valence-corrected chi connectivity index (χ0v) is 14.7. The molecule has 1 aliphatic rings. The number of thioether (sulfide) groups is 1. The number of hydrogen-bond acceptors (Lipinski definition) is 6. The summed E-state index contributed by atoms with van der Waals surface area (Å²) in [6, 6.07) is 1.69. The highest BCUT2D eigenvalue weighted by Gasteiger charge is 2.19. The van der Waals surface area contributed by atoms with Gasteiger partial charge in [0, 0.05) is 49.1 Å². The fraction of sp³-hybridized carbons (Fsp3) is 0.692. The summed E-state index contributed by atoms with van der Waals surface area (Å²) >= 11 is 3.44. The molecule has 2 heterocycles. The van der Waals surface area contributed by atoms with Crippen molar-refractivity contribution in [2.45, 2.75) is 18.4 Å². The third-order valence-corrected chi connectivity index (χ3v) is 6.89. The van der Waals surface area contributed by atoms with Crippen LogP contribution < -0.4 is 10.0 Å². The number of nitrogens with zero attached hydrogens (tertiary/aromatic N) is 1. The summed E-state index contributed by atoms with van der Waals surface area (Å²) in [5, 5.41) is 5.02. The average molecular weight is 350 g/mol. The second kappa shape index (κ2) is 8.50. The molecule has 0 aliphatic carbocycles. The van der Waals surface area contributed by atoms with Gasteiger partial charge in [-0.3, -0.25) is 0 Å². The van der Waals surface area contributed by atoms with Crippen LogP contribution in [0.15, 0.2) is 16.3 Å². The lowest BCUT2D eigenvalue weighted by Crippen LogP contribution is -2.39. The Morgan fingerprint density at radius 3 is 2.81 bits per heavy atom. The summed E-state index contributed by atoms with van der Waals surface area (Å²) in [7, 11) is -3.39. The quantitative estimate of drug-likeness (QED) is 0.738. The lowest BCUT2D eigenvalue weighted by molar-refractivity contribution is 0.307. The molecule has 1 aliphatic heterocycles. The molecule has 0 aromatic carbocycles. The van der Waals surface area contributed by atoms with Crippen LogP contribution in [-0.2, 0) is 16.6 Å². The number of nitrogens with one attached hydrogen (secondary N) is 2. The van der Waals surface area contributed by atoms with Crippen LogP contribution in [0.4, 0.5) is 0 Å². The Kier molecular flexibility index (Phi) is 6.97. The predicted octanol–water partition coefficient (Wildman–Crippen LogP) is 1.18. The number of rotatable bonds is 8. The van der Waals surface area contributed by atoms with Gasteiger partial charge in [0.15, 0.2) is 0 Å². The van der Waals surface area contributed by atoms with Crippen molar-refractivity contribution in [2.75, 3.05) is 44.2 Å². The van der Waals surface area contributed by atoms with Crippen LogP contribution in [-0.4, -0.2) is 57.5 Å². The number of sulfonamides is 1. The van der Waals surface area contributed by atoms with Crippen molar-refractivity contribution in [1.29, 1.82) is 0 Å². The summed E-state index contributed by atoms with van der Waals surface area (Å²) in [6.45, 7) is 6.81. The molecule has 1 saturated heterocycles. The summed E-state index contributed by atoms with van der Waals surface area (Å²) in [6.07, 6.45) is 0. The normalized spacial score (nSPS) is 17.2. The topological polar surface area (TPSA) is 61.4 Å². The van der Waals surface area contributed by atoms with Crippen molar-refractivity contribution in [3.8, 4) is 0 Å². The average Bonchev–Trinajstić information content (AvgIpc) is 2.95. The molecule has 1 aromatic heterocycles. The predicted molar refractivity (Wildman–Crippen MR) is 90.7 cm³/mol. The third kappa shape index (κ3) is 5.22. The van der Waals surface area contributed by atoms with Gasteiger partial charge >= 0.3 is 0 Å². The van der Waals surface area contributed by atoms with E-state index < -0.39 is 10.0 Å². The van der Waals surface area contributed by atoms with Gasteiger partial charge in [0.1, 0.15) is 0 Å². The first-order valence-electron chi connectivity index (χ1n) is 7.20. The van der Waals surface area contributed by atoms with Crippen molar-refractivity contribution >= 4 is 33.1 Å². The molecular weight excluding hydrogens is 326 g/mol. The fourth-order valence-corrected chi connectivity index (χ4v) is 5.59. The molecule has 0 amide bonds. The standard InChI is InChI=1S/C13H23N3O2S3/c1-2-14-11-12-13(3-8-20-12)21(17,18)15-4-5-16-6-9-19-10-7-16/h3,8,14-15H,2,4-7,9-11H2,1H3. The van der Waals surface area contributed by atoms with Crippen molar-refractivity contribution in [3.05, 3.63) is 16.3 Å². The molecule has 0 saturated carbocycles. The van der Waals surface area contributed by atoms with Gasteiger partial charge in [0.25, 0.3) is 0 Å². The summed E-state index contributed by atoms with van der Waals surface area (Å²) < 4.78 is 27.5. The van der Waals surface area contributed by atoms with Crippen molar-refractivity contribution in [3.63, 3.8) is 0 Å². The third-order valence-electron chi connectivity index (χ3n) is 3.35. The second-order valence-corrected chi connectivity index (χ2v) is 8.80. The van der Waals surface area contributed by atoms with Gasteiger partial charge in [-0.1, -0.05) is 6.92 Å². The summed E-state index contributed by atoms with van der Waals surface area (Å²) in [4.78, 5) is 3.60. The van der Waals surface area contributed by atoms with E-state index in [9.17, 15) is 8.42 Å². The summed E-state index contributed by atoms with van der Waals surface area (Å²) in [5.74, 6) is 2.29. The van der Waals surface area contributed by atoms with E-state index in [1.54, 1.807) is 6.07 Å². The zero-order valence-electron chi connectivity index (χ0n) is 12.3. The molecule has 0 atom stereocenters. The van der Waals surface area contributed by atoms with Crippen LogP contribution in [0.1, 0.15) is 11.8 Å². The Labute approximate surface area is 135 Å². The first-order valence-corrected chi connectivity index (χ1v) is 10.7. The van der Waals surface area contributed by atoms with Crippen LogP contribution in [0, 0.1) is 0 Å². The van der Waals surface area contributed by atoms with Gasteiger partial charge in [-0.25, -0.2) is 13.1 Å². The van der Waals surface area contributed by atoms with Crippen LogP contribution in [0.3, 0.4) is 0 Å². The van der Waals surface area contributed by atoms with Gasteiger partial charge in [0.2, 0.25) is 10.0 Å². The Bertz CT molecular complexity index is 525. The minimum atomic E-state index is -3.39. The van der Waals surface area contributed by atoms with E-state index in [1.165, 1.54) is 11.3 Å². The monoisotopic (exact) mass is 349 g/mol. The largest absolute Gasteiger partial charge is 0.312 e. The molecule has 2 rings (SSSR count). The van der Waals surface area contributed by atoms with Gasteiger partial charge < -0.3 is 10.2 Å². The van der Waals surface area contributed by atoms with E-state index in [0.29, 0.717) is 18.0 Å². The SMILES string of the molecule is CCNCc1sccc1S(=O)(=O)NCCN1CCSCC1. The van der Waals surface area contributed by atoms with E-state index >= 15 is 0 Å². The van der Waals surface area contributed by atoms with E-state index in [4.69, 9.17) is 0 Å². The van der Waals surface area contributed by atoms with Gasteiger partial charge in [-0.2, -0.15) is 11.8 Å². The highest BCUT2D eigenvalue weighted by atomic mass is 32.2. The van der Waals surface area contributed by atoms with Gasteiger partial charge in [0.05, 0.1) is 4.90 Å².